The van der Waals surface area contributed by atoms with Gasteiger partial charge < -0.3 is 19.2 Å². The summed E-state index contributed by atoms with van der Waals surface area (Å²) >= 11 is 6.22. The minimum Gasteiger partial charge on any atom is -0.481 e. The predicted molar refractivity (Wildman–Crippen MR) is 138 cm³/mol. The van der Waals surface area contributed by atoms with Crippen LogP contribution in [0.15, 0.2) is 51.7 Å². The van der Waals surface area contributed by atoms with Crippen LogP contribution < -0.4 is 10.4 Å². The number of amides is 1. The fourth-order valence-corrected chi connectivity index (χ4v) is 5.46. The molecule has 1 amide bonds. The number of fused-ring (bicyclic) bond motifs is 1. The van der Waals surface area contributed by atoms with Gasteiger partial charge >= 0.3 is 11.6 Å². The molecule has 1 N–H and O–H groups in total. The number of carbonyl (C=O) groups is 2. The minimum atomic E-state index is -0.836. The fourth-order valence-electron chi connectivity index (χ4n) is 5.19. The molecule has 2 aromatic carbocycles. The van der Waals surface area contributed by atoms with Crippen molar-refractivity contribution >= 4 is 34.4 Å². The van der Waals surface area contributed by atoms with Crippen molar-refractivity contribution in [1.29, 1.82) is 0 Å². The third-order valence-corrected chi connectivity index (χ3v) is 7.19. The van der Waals surface area contributed by atoms with E-state index >= 15 is 0 Å². The Morgan fingerprint density at radius 2 is 1.89 bits per heavy atom. The molecule has 1 unspecified atom stereocenters. The second-order valence-corrected chi connectivity index (χ2v) is 10.2. The average Bonchev–Trinajstić information content (AvgIpc) is 2.82. The van der Waals surface area contributed by atoms with Crippen LogP contribution in [0.3, 0.4) is 0 Å². The van der Waals surface area contributed by atoms with E-state index in [0.29, 0.717) is 35.4 Å². The van der Waals surface area contributed by atoms with Gasteiger partial charge in [0.2, 0.25) is 0 Å². The highest BCUT2D eigenvalue weighted by Gasteiger charge is 2.36. The van der Waals surface area contributed by atoms with Crippen molar-refractivity contribution in [2.75, 3.05) is 13.1 Å². The molecule has 7 nitrogen and oxygen atoms in total. The molecule has 37 heavy (non-hydrogen) atoms. The molecule has 2 heterocycles. The van der Waals surface area contributed by atoms with Gasteiger partial charge in [0, 0.05) is 41.7 Å². The highest BCUT2D eigenvalue weighted by atomic mass is 35.5. The Balaban J connectivity index is 1.54. The lowest BCUT2D eigenvalue weighted by Gasteiger charge is -2.37. The SMILES string of the molecule is CC(C)C(C(=O)O)[C@H]1CCCN(C(=O)[C@@H](C)Oc2ccc3c(-c4ccc(F)cc4Cl)cc(=O)oc3c2)C1. The van der Waals surface area contributed by atoms with Crippen LogP contribution in [-0.2, 0) is 9.59 Å². The topological polar surface area (TPSA) is 97.0 Å². The Labute approximate surface area is 218 Å². The maximum absolute atomic E-state index is 13.5. The Bertz CT molecular complexity index is 1390. The molecule has 0 aliphatic carbocycles. The van der Waals surface area contributed by atoms with E-state index in [9.17, 15) is 23.9 Å². The van der Waals surface area contributed by atoms with Crippen LogP contribution in [0.4, 0.5) is 4.39 Å². The second kappa shape index (κ2) is 10.9. The normalized spacial score (nSPS) is 17.6. The van der Waals surface area contributed by atoms with Crippen LogP contribution in [0, 0.1) is 23.6 Å². The highest BCUT2D eigenvalue weighted by Crippen LogP contribution is 2.35. The summed E-state index contributed by atoms with van der Waals surface area (Å²) in [5.41, 5.74) is 0.601. The smallest absolute Gasteiger partial charge is 0.336 e. The number of hydrogen-bond donors (Lipinski definition) is 1. The van der Waals surface area contributed by atoms with Gasteiger partial charge in [-0.25, -0.2) is 9.18 Å². The first kappa shape index (κ1) is 26.7. The van der Waals surface area contributed by atoms with Gasteiger partial charge in [-0.15, -0.1) is 0 Å². The number of likely N-dealkylation sites (tertiary alicyclic amines) is 1. The lowest BCUT2D eigenvalue weighted by molar-refractivity contribution is -0.149. The number of carbonyl (C=O) groups excluding carboxylic acids is 1. The van der Waals surface area contributed by atoms with Crippen molar-refractivity contribution in [2.45, 2.75) is 39.7 Å². The first-order valence-corrected chi connectivity index (χ1v) is 12.6. The zero-order chi connectivity index (χ0) is 26.9. The molecule has 0 spiro atoms. The van der Waals surface area contributed by atoms with Crippen molar-refractivity contribution in [2.24, 2.45) is 17.8 Å². The van der Waals surface area contributed by atoms with E-state index < -0.39 is 29.4 Å². The molecule has 196 valence electrons. The molecule has 4 rings (SSSR count). The fraction of sp³-hybridized carbons (Fsp3) is 0.393. The molecule has 3 aromatic rings. The largest absolute Gasteiger partial charge is 0.481 e. The van der Waals surface area contributed by atoms with Crippen molar-refractivity contribution in [3.8, 4) is 16.9 Å². The standard InChI is InChI=1S/C28H29ClFNO6/c1-15(2)26(28(34)35)17-5-4-10-31(14-17)27(33)16(3)36-19-7-9-21-22(13-25(32)37-24(21)12-19)20-8-6-18(30)11-23(20)29/h6-9,11-13,15-17,26H,4-5,10,14H2,1-3H3,(H,34,35)/t16-,17+,26?/m1/s1. The van der Waals surface area contributed by atoms with Crippen molar-refractivity contribution < 1.29 is 28.2 Å². The van der Waals surface area contributed by atoms with Gasteiger partial charge in [-0.3, -0.25) is 9.59 Å². The molecule has 1 fully saturated rings. The number of aliphatic carboxylic acids is 1. The Morgan fingerprint density at radius 3 is 2.57 bits per heavy atom. The maximum atomic E-state index is 13.5. The molecular weight excluding hydrogens is 501 g/mol. The lowest BCUT2D eigenvalue weighted by Crippen LogP contribution is -2.48. The summed E-state index contributed by atoms with van der Waals surface area (Å²) in [4.78, 5) is 38.9. The number of nitrogens with zero attached hydrogens (tertiary/aromatic N) is 1. The zero-order valence-corrected chi connectivity index (χ0v) is 21.6. The molecule has 1 saturated heterocycles. The minimum absolute atomic E-state index is 0.0341. The molecule has 1 aromatic heterocycles. The monoisotopic (exact) mass is 529 g/mol. The number of piperidine rings is 1. The molecule has 0 saturated carbocycles. The van der Waals surface area contributed by atoms with Gasteiger partial charge in [-0.05, 0) is 61.9 Å². The van der Waals surface area contributed by atoms with Crippen molar-refractivity contribution in [3.05, 3.63) is 63.7 Å². The van der Waals surface area contributed by atoms with Gasteiger partial charge in [0.25, 0.3) is 5.91 Å². The first-order valence-electron chi connectivity index (χ1n) is 12.3. The molecule has 0 radical (unpaired) electrons. The molecule has 9 heteroatoms. The number of carboxylic acids is 1. The summed E-state index contributed by atoms with van der Waals surface area (Å²) in [6.45, 7) is 6.33. The van der Waals surface area contributed by atoms with Gasteiger partial charge in [0.1, 0.15) is 17.1 Å². The summed E-state index contributed by atoms with van der Waals surface area (Å²) in [5, 5.41) is 10.4. The summed E-state index contributed by atoms with van der Waals surface area (Å²) in [6, 6.07) is 10.1. The summed E-state index contributed by atoms with van der Waals surface area (Å²) < 4.78 is 24.8. The van der Waals surface area contributed by atoms with E-state index in [-0.39, 0.29) is 28.3 Å². The quantitative estimate of drug-likeness (QED) is 0.399. The number of carboxylic acid groups (broad SMARTS) is 1. The van der Waals surface area contributed by atoms with Crippen molar-refractivity contribution in [1.82, 2.24) is 4.90 Å². The van der Waals surface area contributed by atoms with E-state index in [1.807, 2.05) is 13.8 Å². The van der Waals surface area contributed by atoms with Gasteiger partial charge in [0.05, 0.1) is 10.9 Å². The van der Waals surface area contributed by atoms with Crippen LogP contribution in [0.5, 0.6) is 5.75 Å². The summed E-state index contributed by atoms with van der Waals surface area (Å²) in [5.74, 6) is -1.89. The van der Waals surface area contributed by atoms with E-state index in [1.54, 1.807) is 24.0 Å². The number of ether oxygens (including phenoxy) is 1. The van der Waals surface area contributed by atoms with E-state index in [4.69, 9.17) is 20.8 Å². The van der Waals surface area contributed by atoms with Crippen LogP contribution in [0.25, 0.3) is 22.1 Å². The molecule has 3 atom stereocenters. The van der Waals surface area contributed by atoms with Gasteiger partial charge in [-0.2, -0.15) is 0 Å². The number of halogens is 2. The Morgan fingerprint density at radius 1 is 1.14 bits per heavy atom. The first-order chi connectivity index (χ1) is 17.5. The summed E-state index contributed by atoms with van der Waals surface area (Å²) in [7, 11) is 0. The van der Waals surface area contributed by atoms with Crippen LogP contribution in [0.2, 0.25) is 5.02 Å². The lowest BCUT2D eigenvalue weighted by atomic mass is 9.79. The van der Waals surface area contributed by atoms with E-state index in [0.717, 1.165) is 12.8 Å². The summed E-state index contributed by atoms with van der Waals surface area (Å²) in [6.07, 6.45) is 0.660. The number of rotatable bonds is 7. The Kier molecular flexibility index (Phi) is 7.87. The molecular formula is C28H29ClFNO6. The third kappa shape index (κ3) is 5.80. The number of hydrogen-bond acceptors (Lipinski definition) is 5. The maximum Gasteiger partial charge on any atom is 0.336 e. The van der Waals surface area contributed by atoms with Crippen LogP contribution in [0.1, 0.15) is 33.6 Å². The number of benzene rings is 2. The average molecular weight is 530 g/mol. The van der Waals surface area contributed by atoms with E-state index in [1.165, 1.54) is 30.3 Å². The van der Waals surface area contributed by atoms with Crippen molar-refractivity contribution in [3.63, 3.8) is 0 Å². The van der Waals surface area contributed by atoms with Gasteiger partial charge in [-0.1, -0.05) is 25.4 Å². The molecule has 1 aliphatic rings. The second-order valence-electron chi connectivity index (χ2n) is 9.82. The third-order valence-electron chi connectivity index (χ3n) is 6.88. The highest BCUT2D eigenvalue weighted by molar-refractivity contribution is 6.33. The van der Waals surface area contributed by atoms with Crippen LogP contribution in [-0.4, -0.2) is 41.1 Å². The van der Waals surface area contributed by atoms with E-state index in [2.05, 4.69) is 0 Å². The molecule has 1 aliphatic heterocycles. The molecule has 0 bridgehead atoms. The van der Waals surface area contributed by atoms with Crippen LogP contribution >= 0.6 is 11.6 Å². The zero-order valence-electron chi connectivity index (χ0n) is 20.9. The Hall–Kier alpha value is -3.39. The van der Waals surface area contributed by atoms with Gasteiger partial charge in [0.15, 0.2) is 6.10 Å². The predicted octanol–water partition coefficient (Wildman–Crippen LogP) is 5.62.